The van der Waals surface area contributed by atoms with Gasteiger partial charge in [0.15, 0.2) is 5.69 Å². The van der Waals surface area contributed by atoms with Crippen molar-refractivity contribution >= 4 is 11.7 Å². The van der Waals surface area contributed by atoms with Crippen molar-refractivity contribution in [1.82, 2.24) is 20.5 Å². The van der Waals surface area contributed by atoms with Crippen LogP contribution in [0.1, 0.15) is 35.1 Å². The zero-order valence-corrected chi connectivity index (χ0v) is 12.3. The van der Waals surface area contributed by atoms with Gasteiger partial charge in [0.05, 0.1) is 12.2 Å². The average Bonchev–Trinajstić information content (AvgIpc) is 2.52. The molecular formula is C15H19N5O. The Morgan fingerprint density at radius 2 is 2.10 bits per heavy atom. The molecule has 0 saturated heterocycles. The summed E-state index contributed by atoms with van der Waals surface area (Å²) in [6.07, 6.45) is 2.72. The molecule has 21 heavy (non-hydrogen) atoms. The van der Waals surface area contributed by atoms with Crippen LogP contribution in [0.15, 0.2) is 30.5 Å². The van der Waals surface area contributed by atoms with E-state index in [1.54, 1.807) is 18.3 Å². The molecule has 0 unspecified atom stereocenters. The maximum atomic E-state index is 12.0. The van der Waals surface area contributed by atoms with Gasteiger partial charge in [-0.3, -0.25) is 9.78 Å². The molecule has 0 aliphatic heterocycles. The number of carbonyl (C=O) groups excluding carboxylic acids is 1. The van der Waals surface area contributed by atoms with Crippen molar-refractivity contribution in [2.45, 2.75) is 26.8 Å². The van der Waals surface area contributed by atoms with Crippen LogP contribution in [0.25, 0.3) is 0 Å². The SMILES string of the molecule is CCCNc1ccc(C(=O)NCc2ncccc2C)nn1. The lowest BCUT2D eigenvalue weighted by Gasteiger charge is -2.07. The fourth-order valence-corrected chi connectivity index (χ4v) is 1.76. The molecule has 2 aromatic rings. The lowest BCUT2D eigenvalue weighted by Crippen LogP contribution is -2.25. The lowest BCUT2D eigenvalue weighted by atomic mass is 10.2. The molecule has 110 valence electrons. The van der Waals surface area contributed by atoms with E-state index in [1.807, 2.05) is 19.1 Å². The summed E-state index contributed by atoms with van der Waals surface area (Å²) >= 11 is 0. The molecule has 0 bridgehead atoms. The Bertz CT molecular complexity index is 597. The second kappa shape index (κ2) is 7.33. The molecule has 2 rings (SSSR count). The van der Waals surface area contributed by atoms with Gasteiger partial charge >= 0.3 is 0 Å². The zero-order valence-electron chi connectivity index (χ0n) is 12.3. The lowest BCUT2D eigenvalue weighted by molar-refractivity contribution is 0.0944. The van der Waals surface area contributed by atoms with Crippen molar-refractivity contribution in [3.8, 4) is 0 Å². The Morgan fingerprint density at radius 3 is 2.76 bits per heavy atom. The highest BCUT2D eigenvalue weighted by atomic mass is 16.1. The molecule has 0 atom stereocenters. The van der Waals surface area contributed by atoms with Gasteiger partial charge in [-0.2, -0.15) is 0 Å². The molecule has 1 amide bonds. The summed E-state index contributed by atoms with van der Waals surface area (Å²) in [5, 5.41) is 13.8. The molecule has 6 heteroatoms. The second-order valence-electron chi connectivity index (χ2n) is 4.68. The number of carbonyl (C=O) groups is 1. The molecule has 0 radical (unpaired) electrons. The predicted molar refractivity (Wildman–Crippen MR) is 81.0 cm³/mol. The number of hydrogen-bond donors (Lipinski definition) is 2. The van der Waals surface area contributed by atoms with Gasteiger partial charge in [-0.25, -0.2) is 0 Å². The highest BCUT2D eigenvalue weighted by molar-refractivity contribution is 5.92. The number of aryl methyl sites for hydroxylation is 1. The van der Waals surface area contributed by atoms with Gasteiger partial charge in [0, 0.05) is 12.7 Å². The monoisotopic (exact) mass is 285 g/mol. The minimum Gasteiger partial charge on any atom is -0.369 e. The fraction of sp³-hybridized carbons (Fsp3) is 0.333. The van der Waals surface area contributed by atoms with E-state index >= 15 is 0 Å². The normalized spacial score (nSPS) is 10.2. The van der Waals surface area contributed by atoms with Crippen LogP contribution in [0.4, 0.5) is 5.82 Å². The molecule has 0 spiro atoms. The molecule has 6 nitrogen and oxygen atoms in total. The van der Waals surface area contributed by atoms with Crippen molar-refractivity contribution in [2.24, 2.45) is 0 Å². The van der Waals surface area contributed by atoms with Crippen LogP contribution >= 0.6 is 0 Å². The first-order valence-electron chi connectivity index (χ1n) is 6.97. The summed E-state index contributed by atoms with van der Waals surface area (Å²) in [5.74, 6) is 0.420. The Morgan fingerprint density at radius 1 is 1.24 bits per heavy atom. The minimum absolute atomic E-state index is 0.255. The fourth-order valence-electron chi connectivity index (χ4n) is 1.76. The third-order valence-corrected chi connectivity index (χ3v) is 2.99. The third-order valence-electron chi connectivity index (χ3n) is 2.99. The maximum Gasteiger partial charge on any atom is 0.272 e. The molecule has 0 aliphatic carbocycles. The van der Waals surface area contributed by atoms with E-state index in [0.717, 1.165) is 24.2 Å². The molecule has 0 aliphatic rings. The van der Waals surface area contributed by atoms with Crippen molar-refractivity contribution in [1.29, 1.82) is 0 Å². The summed E-state index contributed by atoms with van der Waals surface area (Å²) < 4.78 is 0. The molecule has 0 saturated carbocycles. The van der Waals surface area contributed by atoms with Gasteiger partial charge in [-0.1, -0.05) is 13.0 Å². The number of hydrogen-bond acceptors (Lipinski definition) is 5. The Labute approximate surface area is 124 Å². The molecule has 2 heterocycles. The van der Waals surface area contributed by atoms with Crippen LogP contribution in [0.2, 0.25) is 0 Å². The smallest absolute Gasteiger partial charge is 0.272 e. The van der Waals surface area contributed by atoms with Gasteiger partial charge in [0.25, 0.3) is 5.91 Å². The first-order valence-corrected chi connectivity index (χ1v) is 6.97. The van der Waals surface area contributed by atoms with Crippen molar-refractivity contribution in [3.05, 3.63) is 47.4 Å². The largest absolute Gasteiger partial charge is 0.369 e. The average molecular weight is 285 g/mol. The van der Waals surface area contributed by atoms with Crippen molar-refractivity contribution in [3.63, 3.8) is 0 Å². The topological polar surface area (TPSA) is 79.8 Å². The van der Waals surface area contributed by atoms with Gasteiger partial charge in [-0.15, -0.1) is 10.2 Å². The van der Waals surface area contributed by atoms with Gasteiger partial charge in [-0.05, 0) is 37.1 Å². The van der Waals surface area contributed by atoms with E-state index in [0.29, 0.717) is 18.1 Å². The zero-order chi connectivity index (χ0) is 15.1. The summed E-state index contributed by atoms with van der Waals surface area (Å²) in [6, 6.07) is 7.24. The predicted octanol–water partition coefficient (Wildman–Crippen LogP) is 1.93. The highest BCUT2D eigenvalue weighted by Crippen LogP contribution is 2.04. The first kappa shape index (κ1) is 14.9. The number of nitrogens with one attached hydrogen (secondary N) is 2. The molecule has 2 N–H and O–H groups in total. The van der Waals surface area contributed by atoms with Crippen LogP contribution in [0.3, 0.4) is 0 Å². The number of pyridine rings is 1. The maximum absolute atomic E-state index is 12.0. The second-order valence-corrected chi connectivity index (χ2v) is 4.68. The third kappa shape index (κ3) is 4.24. The first-order chi connectivity index (χ1) is 10.2. The van der Waals surface area contributed by atoms with E-state index in [2.05, 4.69) is 32.7 Å². The highest BCUT2D eigenvalue weighted by Gasteiger charge is 2.09. The number of amides is 1. The molecule has 0 aromatic carbocycles. The molecule has 0 fully saturated rings. The minimum atomic E-state index is -0.255. The van der Waals surface area contributed by atoms with Crippen LogP contribution in [-0.4, -0.2) is 27.6 Å². The van der Waals surface area contributed by atoms with Crippen LogP contribution < -0.4 is 10.6 Å². The quantitative estimate of drug-likeness (QED) is 0.847. The molecular weight excluding hydrogens is 266 g/mol. The number of nitrogens with zero attached hydrogens (tertiary/aromatic N) is 3. The van der Waals surface area contributed by atoms with E-state index in [-0.39, 0.29) is 5.91 Å². The number of rotatable bonds is 6. The van der Waals surface area contributed by atoms with Gasteiger partial charge < -0.3 is 10.6 Å². The summed E-state index contributed by atoms with van der Waals surface area (Å²) in [4.78, 5) is 16.2. The Kier molecular flexibility index (Phi) is 5.20. The van der Waals surface area contributed by atoms with E-state index in [4.69, 9.17) is 0 Å². The van der Waals surface area contributed by atoms with Gasteiger partial charge in [0.2, 0.25) is 0 Å². The van der Waals surface area contributed by atoms with Crippen LogP contribution in [0, 0.1) is 6.92 Å². The molecule has 2 aromatic heterocycles. The summed E-state index contributed by atoms with van der Waals surface area (Å²) in [7, 11) is 0. The number of anilines is 1. The Balaban J connectivity index is 1.93. The number of aromatic nitrogens is 3. The van der Waals surface area contributed by atoms with E-state index in [1.165, 1.54) is 0 Å². The standard InChI is InChI=1S/C15H19N5O/c1-3-8-17-14-7-6-12(19-20-14)15(21)18-10-13-11(2)5-4-9-16-13/h4-7,9H,3,8,10H2,1-2H3,(H,17,20)(H,18,21). The van der Waals surface area contributed by atoms with Crippen LogP contribution in [0.5, 0.6) is 0 Å². The van der Waals surface area contributed by atoms with Crippen LogP contribution in [-0.2, 0) is 6.54 Å². The summed E-state index contributed by atoms with van der Waals surface area (Å²) in [6.45, 7) is 5.24. The summed E-state index contributed by atoms with van der Waals surface area (Å²) in [5.41, 5.74) is 2.19. The van der Waals surface area contributed by atoms with Gasteiger partial charge in [0.1, 0.15) is 5.82 Å². The van der Waals surface area contributed by atoms with Crippen molar-refractivity contribution in [2.75, 3.05) is 11.9 Å². The Hall–Kier alpha value is -2.50. The van der Waals surface area contributed by atoms with Crippen molar-refractivity contribution < 1.29 is 4.79 Å². The van der Waals surface area contributed by atoms with E-state index in [9.17, 15) is 4.79 Å². The van der Waals surface area contributed by atoms with E-state index < -0.39 is 0 Å².